The zero-order valence-corrected chi connectivity index (χ0v) is 16.0. The van der Waals surface area contributed by atoms with Crippen LogP contribution in [-0.2, 0) is 14.8 Å². The minimum atomic E-state index is -3.59. The fourth-order valence-electron chi connectivity index (χ4n) is 2.63. The third-order valence-corrected chi connectivity index (χ3v) is 6.13. The molecule has 0 unspecified atom stereocenters. The molecule has 24 heavy (non-hydrogen) atoms. The molecule has 1 amide bonds. The summed E-state index contributed by atoms with van der Waals surface area (Å²) in [5.41, 5.74) is -0.000598. The van der Waals surface area contributed by atoms with Crippen LogP contribution in [0.25, 0.3) is 0 Å². The van der Waals surface area contributed by atoms with Crippen molar-refractivity contribution in [3.05, 3.63) is 29.3 Å². The van der Waals surface area contributed by atoms with E-state index in [1.54, 1.807) is 12.1 Å². The monoisotopic (exact) mass is 372 g/mol. The largest absolute Gasteiger partial charge is 0.355 e. The highest BCUT2D eigenvalue weighted by Gasteiger charge is 2.33. The SMILES string of the molecule is CC(C)(C)CNC(=O)[C@H]1CCCN(S(=O)(=O)c2ccc(Cl)cc2)C1. The first-order chi connectivity index (χ1) is 11.1. The Morgan fingerprint density at radius 2 is 1.92 bits per heavy atom. The number of carbonyl (C=O) groups excluding carboxylic acids is 1. The number of hydrogen-bond donors (Lipinski definition) is 1. The molecule has 2 rings (SSSR count). The Bertz CT molecular complexity index is 681. The van der Waals surface area contributed by atoms with Crippen molar-refractivity contribution >= 4 is 27.5 Å². The predicted molar refractivity (Wildman–Crippen MR) is 95.4 cm³/mol. The van der Waals surface area contributed by atoms with E-state index in [0.29, 0.717) is 31.0 Å². The summed E-state index contributed by atoms with van der Waals surface area (Å²) >= 11 is 5.82. The van der Waals surface area contributed by atoms with Crippen LogP contribution >= 0.6 is 11.6 Å². The van der Waals surface area contributed by atoms with Crippen molar-refractivity contribution in [3.8, 4) is 0 Å². The summed E-state index contributed by atoms with van der Waals surface area (Å²) in [5, 5.41) is 3.43. The summed E-state index contributed by atoms with van der Waals surface area (Å²) in [7, 11) is -3.59. The molecule has 1 aliphatic heterocycles. The van der Waals surface area contributed by atoms with Gasteiger partial charge in [-0.05, 0) is 42.5 Å². The van der Waals surface area contributed by atoms with Crippen molar-refractivity contribution in [2.45, 2.75) is 38.5 Å². The van der Waals surface area contributed by atoms with Crippen LogP contribution in [0.4, 0.5) is 0 Å². The molecule has 1 N–H and O–H groups in total. The van der Waals surface area contributed by atoms with Gasteiger partial charge in [0, 0.05) is 24.7 Å². The third-order valence-electron chi connectivity index (χ3n) is 4.00. The molecule has 1 atom stereocenters. The Kier molecular flexibility index (Phi) is 5.94. The van der Waals surface area contributed by atoms with Crippen molar-refractivity contribution in [2.24, 2.45) is 11.3 Å². The van der Waals surface area contributed by atoms with Crippen molar-refractivity contribution in [3.63, 3.8) is 0 Å². The van der Waals surface area contributed by atoms with Gasteiger partial charge in [0.15, 0.2) is 0 Å². The number of nitrogens with zero attached hydrogens (tertiary/aromatic N) is 1. The molecular formula is C17H25ClN2O3S. The number of sulfonamides is 1. The smallest absolute Gasteiger partial charge is 0.243 e. The number of carbonyl (C=O) groups is 1. The standard InChI is InChI=1S/C17H25ClN2O3S/c1-17(2,3)12-19-16(21)13-5-4-10-20(11-13)24(22,23)15-8-6-14(18)7-9-15/h6-9,13H,4-5,10-12H2,1-3H3,(H,19,21)/t13-/m0/s1. The minimum Gasteiger partial charge on any atom is -0.355 e. The van der Waals surface area contributed by atoms with Gasteiger partial charge in [-0.15, -0.1) is 0 Å². The van der Waals surface area contributed by atoms with Crippen LogP contribution in [0, 0.1) is 11.3 Å². The number of benzene rings is 1. The average molecular weight is 373 g/mol. The van der Waals surface area contributed by atoms with Crippen molar-refractivity contribution in [2.75, 3.05) is 19.6 Å². The second kappa shape index (κ2) is 7.42. The van der Waals surface area contributed by atoms with Gasteiger partial charge in [0.05, 0.1) is 10.8 Å². The van der Waals surface area contributed by atoms with E-state index in [1.165, 1.54) is 16.4 Å². The van der Waals surface area contributed by atoms with E-state index in [9.17, 15) is 13.2 Å². The maximum absolute atomic E-state index is 12.7. The van der Waals surface area contributed by atoms with Crippen molar-refractivity contribution < 1.29 is 13.2 Å². The molecule has 0 saturated carbocycles. The maximum atomic E-state index is 12.7. The third kappa shape index (κ3) is 4.94. The number of amides is 1. The molecule has 1 heterocycles. The molecule has 0 bridgehead atoms. The van der Waals surface area contributed by atoms with Crippen LogP contribution in [0.3, 0.4) is 0 Å². The number of piperidine rings is 1. The number of rotatable bonds is 4. The first-order valence-electron chi connectivity index (χ1n) is 8.13. The molecule has 1 aromatic carbocycles. The Morgan fingerprint density at radius 3 is 2.50 bits per heavy atom. The summed E-state index contributed by atoms with van der Waals surface area (Å²) in [6, 6.07) is 6.12. The lowest BCUT2D eigenvalue weighted by atomic mass is 9.95. The molecule has 1 fully saturated rings. The fourth-order valence-corrected chi connectivity index (χ4v) is 4.28. The van der Waals surface area contributed by atoms with E-state index < -0.39 is 10.0 Å². The average Bonchev–Trinajstić information content (AvgIpc) is 2.52. The first-order valence-corrected chi connectivity index (χ1v) is 9.95. The second-order valence-corrected chi connectivity index (χ2v) is 9.81. The zero-order valence-electron chi connectivity index (χ0n) is 14.4. The van der Waals surface area contributed by atoms with Crippen LogP contribution in [0.2, 0.25) is 5.02 Å². The Labute approximate surface area is 149 Å². The molecule has 134 valence electrons. The van der Waals surface area contributed by atoms with E-state index in [-0.39, 0.29) is 28.7 Å². The van der Waals surface area contributed by atoms with E-state index in [2.05, 4.69) is 5.32 Å². The van der Waals surface area contributed by atoms with Gasteiger partial charge in [0.25, 0.3) is 0 Å². The molecule has 0 aliphatic carbocycles. The van der Waals surface area contributed by atoms with Gasteiger partial charge in [-0.1, -0.05) is 32.4 Å². The van der Waals surface area contributed by atoms with Crippen molar-refractivity contribution in [1.82, 2.24) is 9.62 Å². The van der Waals surface area contributed by atoms with Crippen LogP contribution in [0.15, 0.2) is 29.2 Å². The Hall–Kier alpha value is -1.11. The normalized spacial score (nSPS) is 19.9. The predicted octanol–water partition coefficient (Wildman–Crippen LogP) is 2.90. The van der Waals surface area contributed by atoms with Crippen molar-refractivity contribution in [1.29, 1.82) is 0 Å². The summed E-state index contributed by atoms with van der Waals surface area (Å²) < 4.78 is 26.9. The molecule has 0 aromatic heterocycles. The van der Waals surface area contributed by atoms with Gasteiger partial charge in [0.1, 0.15) is 0 Å². The van der Waals surface area contributed by atoms with Gasteiger partial charge in [-0.2, -0.15) is 4.31 Å². The number of nitrogens with one attached hydrogen (secondary N) is 1. The van der Waals surface area contributed by atoms with E-state index in [0.717, 1.165) is 0 Å². The maximum Gasteiger partial charge on any atom is 0.243 e. The highest BCUT2D eigenvalue weighted by atomic mass is 35.5. The number of hydrogen-bond acceptors (Lipinski definition) is 3. The second-order valence-electron chi connectivity index (χ2n) is 7.43. The Balaban J connectivity index is 2.07. The summed E-state index contributed by atoms with van der Waals surface area (Å²) in [5.74, 6) is -0.371. The van der Waals surface area contributed by atoms with E-state index >= 15 is 0 Å². The zero-order chi connectivity index (χ0) is 18.0. The topological polar surface area (TPSA) is 66.5 Å². The molecule has 1 saturated heterocycles. The molecule has 0 spiro atoms. The van der Waals surface area contributed by atoms with Gasteiger partial charge in [-0.3, -0.25) is 4.79 Å². The van der Waals surface area contributed by atoms with E-state index in [4.69, 9.17) is 11.6 Å². The lowest BCUT2D eigenvalue weighted by Gasteiger charge is -2.32. The van der Waals surface area contributed by atoms with Gasteiger partial charge in [-0.25, -0.2) is 8.42 Å². The van der Waals surface area contributed by atoms with Crippen LogP contribution in [-0.4, -0.2) is 38.3 Å². The molecule has 1 aliphatic rings. The van der Waals surface area contributed by atoms with Gasteiger partial charge >= 0.3 is 0 Å². The lowest BCUT2D eigenvalue weighted by molar-refractivity contribution is -0.126. The first kappa shape index (κ1) is 19.2. The van der Waals surface area contributed by atoms with E-state index in [1.807, 2.05) is 20.8 Å². The molecule has 5 nitrogen and oxygen atoms in total. The fraction of sp³-hybridized carbons (Fsp3) is 0.588. The number of halogens is 1. The van der Waals surface area contributed by atoms with Gasteiger partial charge < -0.3 is 5.32 Å². The Morgan fingerprint density at radius 1 is 1.29 bits per heavy atom. The lowest BCUT2D eigenvalue weighted by Crippen LogP contribution is -2.46. The highest BCUT2D eigenvalue weighted by molar-refractivity contribution is 7.89. The molecule has 1 aromatic rings. The van der Waals surface area contributed by atoms with Gasteiger partial charge in [0.2, 0.25) is 15.9 Å². The van der Waals surface area contributed by atoms with Crippen LogP contribution in [0.1, 0.15) is 33.6 Å². The minimum absolute atomic E-state index is 0.000598. The highest BCUT2D eigenvalue weighted by Crippen LogP contribution is 2.25. The molecular weight excluding hydrogens is 348 g/mol. The summed E-state index contributed by atoms with van der Waals surface area (Å²) in [6.45, 7) is 7.38. The summed E-state index contributed by atoms with van der Waals surface area (Å²) in [6.07, 6.45) is 1.39. The molecule has 7 heteroatoms. The quantitative estimate of drug-likeness (QED) is 0.883. The van der Waals surface area contributed by atoms with Crippen LogP contribution in [0.5, 0.6) is 0 Å². The molecule has 0 radical (unpaired) electrons. The summed E-state index contributed by atoms with van der Waals surface area (Å²) in [4.78, 5) is 12.6. The van der Waals surface area contributed by atoms with Crippen LogP contribution < -0.4 is 5.32 Å².